The Morgan fingerprint density at radius 1 is 0.941 bits per heavy atom. The topological polar surface area (TPSA) is 18.5 Å². The van der Waals surface area contributed by atoms with E-state index in [2.05, 4.69) is 6.07 Å². The molecule has 0 unspecified atom stereocenters. The highest BCUT2D eigenvalue weighted by Crippen LogP contribution is 2.30. The summed E-state index contributed by atoms with van der Waals surface area (Å²) in [6, 6.07) is 16.0. The van der Waals surface area contributed by atoms with E-state index < -0.39 is 0 Å². The van der Waals surface area contributed by atoms with Crippen LogP contribution in [0.1, 0.15) is 6.92 Å². The third-order valence-corrected chi connectivity index (χ3v) is 2.59. The van der Waals surface area contributed by atoms with Gasteiger partial charge in [-0.3, -0.25) is 0 Å². The maximum absolute atomic E-state index is 5.62. The second-order valence-corrected chi connectivity index (χ2v) is 3.66. The number of rotatable bonds is 4. The van der Waals surface area contributed by atoms with Gasteiger partial charge in [0.1, 0.15) is 11.5 Å². The molecule has 2 rings (SSSR count). The number of hydrogen-bond donors (Lipinski definition) is 0. The molecule has 0 radical (unpaired) electrons. The van der Waals surface area contributed by atoms with E-state index in [4.69, 9.17) is 9.47 Å². The van der Waals surface area contributed by atoms with Crippen LogP contribution < -0.4 is 9.47 Å². The Balaban J connectivity index is 2.37. The number of benzene rings is 2. The van der Waals surface area contributed by atoms with Gasteiger partial charge >= 0.3 is 0 Å². The molecule has 0 bridgehead atoms. The molecular formula is C15H16O2. The average Bonchev–Trinajstić information content (AvgIpc) is 2.40. The lowest BCUT2D eigenvalue weighted by atomic mass is 10.0. The van der Waals surface area contributed by atoms with Crippen LogP contribution in [0.3, 0.4) is 0 Å². The zero-order valence-electron chi connectivity index (χ0n) is 10.1. The van der Waals surface area contributed by atoms with Crippen molar-refractivity contribution in [1.29, 1.82) is 0 Å². The summed E-state index contributed by atoms with van der Waals surface area (Å²) in [6.07, 6.45) is 0. The smallest absolute Gasteiger partial charge is 0.127 e. The summed E-state index contributed by atoms with van der Waals surface area (Å²) in [4.78, 5) is 0. The molecule has 0 N–H and O–H groups in total. The van der Waals surface area contributed by atoms with E-state index in [9.17, 15) is 0 Å². The predicted octanol–water partition coefficient (Wildman–Crippen LogP) is 3.76. The molecule has 0 atom stereocenters. The van der Waals surface area contributed by atoms with Crippen LogP contribution >= 0.6 is 0 Å². The Hall–Kier alpha value is -1.96. The highest BCUT2D eigenvalue weighted by molar-refractivity contribution is 5.70. The Labute approximate surface area is 102 Å². The summed E-state index contributed by atoms with van der Waals surface area (Å²) in [5, 5.41) is 0. The van der Waals surface area contributed by atoms with Gasteiger partial charge in [-0.15, -0.1) is 0 Å². The average molecular weight is 228 g/mol. The molecule has 2 aromatic carbocycles. The molecule has 2 heteroatoms. The van der Waals surface area contributed by atoms with Gasteiger partial charge in [0.25, 0.3) is 0 Å². The minimum absolute atomic E-state index is 0.674. The first kappa shape index (κ1) is 11.5. The van der Waals surface area contributed by atoms with Gasteiger partial charge in [0.05, 0.1) is 13.7 Å². The van der Waals surface area contributed by atoms with Gasteiger partial charge in [0.15, 0.2) is 0 Å². The highest BCUT2D eigenvalue weighted by Gasteiger charge is 2.04. The van der Waals surface area contributed by atoms with Gasteiger partial charge in [-0.25, -0.2) is 0 Å². The molecule has 2 aromatic rings. The summed E-state index contributed by atoms with van der Waals surface area (Å²) >= 11 is 0. The van der Waals surface area contributed by atoms with Gasteiger partial charge in [-0.2, -0.15) is 0 Å². The fourth-order valence-electron chi connectivity index (χ4n) is 1.76. The van der Waals surface area contributed by atoms with E-state index in [1.54, 1.807) is 7.11 Å². The van der Waals surface area contributed by atoms with Crippen LogP contribution in [-0.4, -0.2) is 13.7 Å². The molecule has 0 aliphatic rings. The van der Waals surface area contributed by atoms with Crippen LogP contribution in [-0.2, 0) is 0 Å². The lowest BCUT2D eigenvalue weighted by Gasteiger charge is -2.10. The predicted molar refractivity (Wildman–Crippen MR) is 69.6 cm³/mol. The molecule has 0 saturated heterocycles. The Morgan fingerprint density at radius 2 is 1.65 bits per heavy atom. The van der Waals surface area contributed by atoms with E-state index in [1.165, 1.54) is 0 Å². The number of para-hydroxylation sites is 1. The molecule has 0 aliphatic heterocycles. The van der Waals surface area contributed by atoms with E-state index >= 15 is 0 Å². The molecule has 0 aliphatic carbocycles. The van der Waals surface area contributed by atoms with E-state index in [1.807, 2.05) is 49.4 Å². The van der Waals surface area contributed by atoms with E-state index in [0.29, 0.717) is 6.61 Å². The van der Waals surface area contributed by atoms with Crippen LogP contribution in [0.15, 0.2) is 48.5 Å². The van der Waals surface area contributed by atoms with Crippen LogP contribution in [0, 0.1) is 0 Å². The highest BCUT2D eigenvalue weighted by atomic mass is 16.5. The molecule has 17 heavy (non-hydrogen) atoms. The summed E-state index contributed by atoms with van der Waals surface area (Å²) in [5.41, 5.74) is 2.24. The maximum atomic E-state index is 5.62. The largest absolute Gasteiger partial charge is 0.497 e. The summed E-state index contributed by atoms with van der Waals surface area (Å²) in [6.45, 7) is 2.66. The van der Waals surface area contributed by atoms with Crippen molar-refractivity contribution in [1.82, 2.24) is 0 Å². The monoisotopic (exact) mass is 228 g/mol. The van der Waals surface area contributed by atoms with Crippen molar-refractivity contribution in [2.45, 2.75) is 6.92 Å². The standard InChI is InChI=1S/C15H16O2/c1-3-17-15-7-5-4-6-14(15)12-8-10-13(16-2)11-9-12/h4-11H,3H2,1-2H3. The molecule has 2 nitrogen and oxygen atoms in total. The van der Waals surface area contributed by atoms with Crippen molar-refractivity contribution in [3.63, 3.8) is 0 Å². The maximum Gasteiger partial charge on any atom is 0.127 e. The van der Waals surface area contributed by atoms with Crippen LogP contribution in [0.4, 0.5) is 0 Å². The fourth-order valence-corrected chi connectivity index (χ4v) is 1.76. The van der Waals surface area contributed by atoms with Crippen molar-refractivity contribution in [3.8, 4) is 22.6 Å². The third-order valence-electron chi connectivity index (χ3n) is 2.59. The molecular weight excluding hydrogens is 212 g/mol. The number of methoxy groups -OCH3 is 1. The molecule has 0 spiro atoms. The minimum atomic E-state index is 0.674. The van der Waals surface area contributed by atoms with E-state index in [-0.39, 0.29) is 0 Å². The normalized spacial score (nSPS) is 10.0. The number of ether oxygens (including phenoxy) is 2. The molecule has 0 amide bonds. The van der Waals surface area contributed by atoms with Crippen LogP contribution in [0.25, 0.3) is 11.1 Å². The Kier molecular flexibility index (Phi) is 3.66. The van der Waals surface area contributed by atoms with Gasteiger partial charge in [-0.05, 0) is 30.7 Å². The van der Waals surface area contributed by atoms with E-state index in [0.717, 1.165) is 22.6 Å². The summed E-state index contributed by atoms with van der Waals surface area (Å²) in [7, 11) is 1.67. The first-order chi connectivity index (χ1) is 8.35. The molecule has 0 fully saturated rings. The third kappa shape index (κ3) is 2.59. The number of hydrogen-bond acceptors (Lipinski definition) is 2. The molecule has 88 valence electrons. The summed E-state index contributed by atoms with van der Waals surface area (Å²) < 4.78 is 10.8. The zero-order chi connectivity index (χ0) is 12.1. The first-order valence-corrected chi connectivity index (χ1v) is 5.71. The van der Waals surface area contributed by atoms with Gasteiger partial charge < -0.3 is 9.47 Å². The van der Waals surface area contributed by atoms with Gasteiger partial charge in [0.2, 0.25) is 0 Å². The quantitative estimate of drug-likeness (QED) is 0.793. The van der Waals surface area contributed by atoms with Gasteiger partial charge in [-0.1, -0.05) is 30.3 Å². The van der Waals surface area contributed by atoms with Crippen molar-refractivity contribution < 1.29 is 9.47 Å². The first-order valence-electron chi connectivity index (χ1n) is 5.71. The van der Waals surface area contributed by atoms with Crippen LogP contribution in [0.5, 0.6) is 11.5 Å². The SMILES string of the molecule is CCOc1ccccc1-c1ccc(OC)cc1. The molecule has 0 heterocycles. The second kappa shape index (κ2) is 5.39. The van der Waals surface area contributed by atoms with Crippen LogP contribution in [0.2, 0.25) is 0 Å². The zero-order valence-corrected chi connectivity index (χ0v) is 10.1. The lowest BCUT2D eigenvalue weighted by Crippen LogP contribution is -1.93. The minimum Gasteiger partial charge on any atom is -0.497 e. The Bertz CT molecular complexity index is 475. The Morgan fingerprint density at radius 3 is 2.29 bits per heavy atom. The fraction of sp³-hybridized carbons (Fsp3) is 0.200. The van der Waals surface area contributed by atoms with Crippen molar-refractivity contribution in [2.75, 3.05) is 13.7 Å². The molecule has 0 aromatic heterocycles. The lowest BCUT2D eigenvalue weighted by molar-refractivity contribution is 0.341. The van der Waals surface area contributed by atoms with Gasteiger partial charge in [0, 0.05) is 5.56 Å². The van der Waals surface area contributed by atoms with Crippen molar-refractivity contribution in [3.05, 3.63) is 48.5 Å². The second-order valence-electron chi connectivity index (χ2n) is 3.66. The van der Waals surface area contributed by atoms with Crippen molar-refractivity contribution in [2.24, 2.45) is 0 Å². The van der Waals surface area contributed by atoms with Crippen molar-refractivity contribution >= 4 is 0 Å². The molecule has 0 saturated carbocycles. The summed E-state index contributed by atoms with van der Waals surface area (Å²) in [5.74, 6) is 1.78.